The summed E-state index contributed by atoms with van der Waals surface area (Å²) < 4.78 is 2.28. The van der Waals surface area contributed by atoms with Crippen molar-refractivity contribution in [2.75, 3.05) is 0 Å². The van der Waals surface area contributed by atoms with E-state index in [0.29, 0.717) is 0 Å². The highest BCUT2D eigenvalue weighted by Crippen LogP contribution is 2.43. The largest absolute Gasteiger partial charge is 0.290 e. The maximum atomic E-state index is 6.67. The van der Waals surface area contributed by atoms with Crippen molar-refractivity contribution >= 4 is 83.1 Å². The molecule has 0 N–H and O–H groups in total. The number of imidazole rings is 1. The standard InChI is InChI=1S/C34H22N3PS/c39-38(24-12-3-1-4-13-24,25-14-5-2-6-15-25)26-19-20-30-31(22-26)37-32-21-23-11-7-10-18-29(23)35-33(32)27-16-8-9-17-28(27)34(37)36-30/h1-22H. The van der Waals surface area contributed by atoms with Crippen molar-refractivity contribution in [3.05, 3.63) is 133 Å². The molecular formula is C34H22N3PS. The van der Waals surface area contributed by atoms with Gasteiger partial charge < -0.3 is 0 Å². The molecule has 5 heteroatoms. The Balaban J connectivity index is 1.53. The third kappa shape index (κ3) is 3.32. The van der Waals surface area contributed by atoms with Gasteiger partial charge in [0.15, 0.2) is 0 Å². The quantitative estimate of drug-likeness (QED) is 0.137. The lowest BCUT2D eigenvalue weighted by Crippen LogP contribution is -2.24. The fourth-order valence-electron chi connectivity index (χ4n) is 5.77. The van der Waals surface area contributed by atoms with E-state index in [9.17, 15) is 0 Å². The second-order valence-corrected chi connectivity index (χ2v) is 14.2. The lowest BCUT2D eigenvalue weighted by molar-refractivity contribution is 1.30. The van der Waals surface area contributed by atoms with Gasteiger partial charge in [0, 0.05) is 22.2 Å². The van der Waals surface area contributed by atoms with Gasteiger partial charge >= 0.3 is 0 Å². The van der Waals surface area contributed by atoms with Crippen molar-refractivity contribution in [2.24, 2.45) is 0 Å². The van der Waals surface area contributed by atoms with Crippen molar-refractivity contribution in [3.8, 4) is 0 Å². The number of hydrogen-bond donors (Lipinski definition) is 0. The van der Waals surface area contributed by atoms with Crippen LogP contribution in [0.4, 0.5) is 0 Å². The molecule has 3 nitrogen and oxygen atoms in total. The molecule has 3 heterocycles. The third-order valence-electron chi connectivity index (χ3n) is 7.61. The predicted molar refractivity (Wildman–Crippen MR) is 169 cm³/mol. The molecule has 184 valence electrons. The number of hydrogen-bond acceptors (Lipinski definition) is 3. The second kappa shape index (κ2) is 8.57. The number of para-hydroxylation sites is 1. The first-order chi connectivity index (χ1) is 19.2. The molecule has 0 unspecified atom stereocenters. The molecular weight excluding hydrogens is 513 g/mol. The highest BCUT2D eigenvalue weighted by atomic mass is 32.4. The van der Waals surface area contributed by atoms with Crippen molar-refractivity contribution in [1.82, 2.24) is 14.4 Å². The number of fused-ring (bicyclic) bond motifs is 9. The van der Waals surface area contributed by atoms with Gasteiger partial charge in [-0.3, -0.25) is 4.40 Å². The summed E-state index contributed by atoms with van der Waals surface area (Å²) in [4.78, 5) is 10.3. The minimum Gasteiger partial charge on any atom is -0.290 e. The van der Waals surface area contributed by atoms with Gasteiger partial charge in [-0.2, -0.15) is 0 Å². The first-order valence-corrected chi connectivity index (χ1v) is 15.8. The summed E-state index contributed by atoms with van der Waals surface area (Å²) in [6, 6.07) is 44.4. The van der Waals surface area contributed by atoms with Gasteiger partial charge in [0.1, 0.15) is 5.65 Å². The Hall–Kier alpha value is -4.37. The lowest BCUT2D eigenvalue weighted by atomic mass is 10.1. The molecule has 0 bridgehead atoms. The topological polar surface area (TPSA) is 30.2 Å². The third-order valence-corrected chi connectivity index (χ3v) is 12.6. The highest BCUT2D eigenvalue weighted by Gasteiger charge is 2.26. The molecule has 5 aromatic carbocycles. The molecule has 3 aromatic heterocycles. The van der Waals surface area contributed by atoms with E-state index in [1.807, 2.05) is 6.07 Å². The molecule has 0 aliphatic carbocycles. The number of pyridine rings is 2. The minimum absolute atomic E-state index is 0.940. The van der Waals surface area contributed by atoms with Crippen LogP contribution in [0.15, 0.2) is 133 Å². The monoisotopic (exact) mass is 535 g/mol. The van der Waals surface area contributed by atoms with Crippen LogP contribution in [0, 0.1) is 0 Å². The molecule has 0 amide bonds. The zero-order valence-electron chi connectivity index (χ0n) is 20.9. The zero-order valence-corrected chi connectivity index (χ0v) is 22.6. The van der Waals surface area contributed by atoms with E-state index in [2.05, 4.69) is 132 Å². The summed E-state index contributed by atoms with van der Waals surface area (Å²) in [6.45, 7) is 0. The number of benzene rings is 5. The van der Waals surface area contributed by atoms with E-state index in [1.54, 1.807) is 0 Å². The average Bonchev–Trinajstić information content (AvgIpc) is 3.40. The Kier molecular flexibility index (Phi) is 4.97. The molecule has 0 atom stereocenters. The smallest absolute Gasteiger partial charge is 0.146 e. The molecule has 0 aliphatic heterocycles. The fourth-order valence-corrected chi connectivity index (χ4v) is 9.50. The first-order valence-electron chi connectivity index (χ1n) is 13.0. The van der Waals surface area contributed by atoms with Gasteiger partial charge in [0.2, 0.25) is 0 Å². The van der Waals surface area contributed by atoms with E-state index in [1.165, 1.54) is 10.6 Å². The molecule has 0 radical (unpaired) electrons. The van der Waals surface area contributed by atoms with Gasteiger partial charge in [-0.05, 0) is 40.2 Å². The van der Waals surface area contributed by atoms with E-state index in [-0.39, 0.29) is 0 Å². The molecule has 39 heavy (non-hydrogen) atoms. The highest BCUT2D eigenvalue weighted by molar-refractivity contribution is 8.25. The van der Waals surface area contributed by atoms with Crippen LogP contribution in [0.3, 0.4) is 0 Å². The van der Waals surface area contributed by atoms with Crippen molar-refractivity contribution in [3.63, 3.8) is 0 Å². The van der Waals surface area contributed by atoms with Crippen LogP contribution in [-0.4, -0.2) is 14.4 Å². The molecule has 0 saturated heterocycles. The van der Waals surface area contributed by atoms with Gasteiger partial charge in [-0.25, -0.2) is 9.97 Å². The van der Waals surface area contributed by atoms with Gasteiger partial charge in [0.05, 0.1) is 27.6 Å². The van der Waals surface area contributed by atoms with E-state index < -0.39 is 6.04 Å². The maximum absolute atomic E-state index is 6.67. The Morgan fingerprint density at radius 2 is 1.15 bits per heavy atom. The minimum atomic E-state index is -2.31. The first kappa shape index (κ1) is 22.6. The summed E-state index contributed by atoms with van der Waals surface area (Å²) in [5.41, 5.74) is 5.96. The van der Waals surface area contributed by atoms with Crippen molar-refractivity contribution in [2.45, 2.75) is 0 Å². The molecule has 0 fully saturated rings. The second-order valence-electron chi connectivity index (χ2n) is 9.82. The summed E-state index contributed by atoms with van der Waals surface area (Å²) >= 11 is 6.67. The zero-order chi connectivity index (χ0) is 26.0. The van der Waals surface area contributed by atoms with Crippen LogP contribution in [0.25, 0.3) is 49.4 Å². The fraction of sp³-hybridized carbons (Fsp3) is 0. The Bertz CT molecular complexity index is 2210. The Labute approximate surface area is 230 Å². The van der Waals surface area contributed by atoms with Crippen molar-refractivity contribution < 1.29 is 0 Å². The molecule has 0 aliphatic rings. The SMILES string of the molecule is S=P(c1ccccc1)(c1ccccc1)c1ccc2nc3c4ccccc4c4nc5ccccc5cc4n3c2c1. The van der Waals surface area contributed by atoms with Gasteiger partial charge in [-0.1, -0.05) is 121 Å². The molecule has 8 rings (SSSR count). The predicted octanol–water partition coefficient (Wildman–Crippen LogP) is 7.10. The van der Waals surface area contributed by atoms with Crippen LogP contribution in [0.2, 0.25) is 0 Å². The molecule has 8 aromatic rings. The summed E-state index contributed by atoms with van der Waals surface area (Å²) in [5.74, 6) is 0. The van der Waals surface area contributed by atoms with Gasteiger partial charge in [0.25, 0.3) is 0 Å². The Morgan fingerprint density at radius 1 is 0.513 bits per heavy atom. The number of rotatable bonds is 3. The normalized spacial score (nSPS) is 12.2. The van der Waals surface area contributed by atoms with Crippen molar-refractivity contribution in [1.29, 1.82) is 0 Å². The Morgan fingerprint density at radius 3 is 1.90 bits per heavy atom. The summed E-state index contributed by atoms with van der Waals surface area (Å²) in [6.07, 6.45) is 0. The van der Waals surface area contributed by atoms with Crippen LogP contribution >= 0.6 is 6.04 Å². The summed E-state index contributed by atoms with van der Waals surface area (Å²) in [5, 5.41) is 6.83. The average molecular weight is 536 g/mol. The lowest BCUT2D eigenvalue weighted by Gasteiger charge is -2.24. The van der Waals surface area contributed by atoms with E-state index in [0.717, 1.165) is 54.7 Å². The van der Waals surface area contributed by atoms with Crippen LogP contribution in [-0.2, 0) is 11.8 Å². The molecule has 0 saturated carbocycles. The van der Waals surface area contributed by atoms with E-state index >= 15 is 0 Å². The number of nitrogens with zero attached hydrogens (tertiary/aromatic N) is 3. The van der Waals surface area contributed by atoms with Crippen LogP contribution in [0.5, 0.6) is 0 Å². The maximum Gasteiger partial charge on any atom is 0.146 e. The number of aromatic nitrogens is 3. The van der Waals surface area contributed by atoms with Crippen LogP contribution in [0.1, 0.15) is 0 Å². The summed E-state index contributed by atoms with van der Waals surface area (Å²) in [7, 11) is 0. The molecule has 0 spiro atoms. The van der Waals surface area contributed by atoms with Crippen LogP contribution < -0.4 is 15.9 Å². The van der Waals surface area contributed by atoms with E-state index in [4.69, 9.17) is 21.8 Å². The van der Waals surface area contributed by atoms with Gasteiger partial charge in [-0.15, -0.1) is 0 Å².